The molecule has 0 saturated heterocycles. The summed E-state index contributed by atoms with van der Waals surface area (Å²) < 4.78 is 0.292. The first-order valence-corrected chi connectivity index (χ1v) is 7.29. The van der Waals surface area contributed by atoms with Crippen molar-refractivity contribution in [1.29, 1.82) is 0 Å². The predicted molar refractivity (Wildman–Crippen MR) is 81.2 cm³/mol. The molecule has 1 unspecified atom stereocenters. The number of carboxylic acids is 1. The van der Waals surface area contributed by atoms with Gasteiger partial charge >= 0.3 is 5.97 Å². The molecule has 1 aliphatic heterocycles. The van der Waals surface area contributed by atoms with Gasteiger partial charge in [0.15, 0.2) is 6.54 Å². The summed E-state index contributed by atoms with van der Waals surface area (Å²) in [6, 6.07) is 0. The van der Waals surface area contributed by atoms with E-state index in [1.165, 1.54) is 6.42 Å². The number of hydrogen-bond acceptors (Lipinski definition) is 3. The number of nitrogens with zero attached hydrogens (tertiary/aromatic N) is 2. The molecule has 0 saturated carbocycles. The third kappa shape index (κ3) is 4.90. The summed E-state index contributed by atoms with van der Waals surface area (Å²) in [4.78, 5) is 15.4. The van der Waals surface area contributed by atoms with Gasteiger partial charge in [0.1, 0.15) is 12.7 Å². The minimum absolute atomic E-state index is 0.0328. The summed E-state index contributed by atoms with van der Waals surface area (Å²) in [6.07, 6.45) is 13.1. The fraction of sp³-hybridized carbons (Fsp3) is 0.600. The highest BCUT2D eigenvalue weighted by Crippen LogP contribution is 2.20. The van der Waals surface area contributed by atoms with Gasteiger partial charge in [0.25, 0.3) is 0 Å². The van der Waals surface area contributed by atoms with Crippen molar-refractivity contribution in [2.75, 3.05) is 19.6 Å². The first-order valence-electron chi connectivity index (χ1n) is 7.29. The third-order valence-corrected chi connectivity index (χ3v) is 3.54. The van der Waals surface area contributed by atoms with Crippen LogP contribution in [0, 0.1) is 0 Å². The number of aliphatic carboxylic acids is 1. The van der Waals surface area contributed by atoms with E-state index in [0.29, 0.717) is 17.6 Å². The topological polar surface area (TPSA) is 75.7 Å². The summed E-state index contributed by atoms with van der Waals surface area (Å²) in [5.41, 5.74) is 5.64. The van der Waals surface area contributed by atoms with Gasteiger partial charge in [0.2, 0.25) is 5.84 Å². The van der Waals surface area contributed by atoms with E-state index in [2.05, 4.69) is 17.1 Å². The highest BCUT2D eigenvalue weighted by Gasteiger charge is 2.36. The fourth-order valence-corrected chi connectivity index (χ4v) is 2.52. The molecule has 1 atom stereocenters. The quantitative estimate of drug-likeness (QED) is 0.366. The Balaban J connectivity index is 2.48. The largest absolute Gasteiger partial charge is 0.477 e. The number of hydrogen-bond donors (Lipinski definition) is 2. The van der Waals surface area contributed by atoms with E-state index in [1.807, 2.05) is 13.1 Å². The Bertz CT molecular complexity index is 402. The molecule has 0 aromatic carbocycles. The van der Waals surface area contributed by atoms with Gasteiger partial charge in [0.05, 0.1) is 6.20 Å². The van der Waals surface area contributed by atoms with Crippen LogP contribution in [0.3, 0.4) is 0 Å². The highest BCUT2D eigenvalue weighted by atomic mass is 16.4. The molecule has 0 bridgehead atoms. The van der Waals surface area contributed by atoms with Crippen molar-refractivity contribution in [1.82, 2.24) is 0 Å². The highest BCUT2D eigenvalue weighted by molar-refractivity contribution is 5.81. The molecule has 3 N–H and O–H groups in total. The van der Waals surface area contributed by atoms with Gasteiger partial charge in [0, 0.05) is 13.0 Å². The maximum atomic E-state index is 11.1. The van der Waals surface area contributed by atoms with Gasteiger partial charge in [-0.05, 0) is 26.2 Å². The van der Waals surface area contributed by atoms with Crippen LogP contribution in [-0.2, 0) is 4.79 Å². The number of carbonyl (C=O) groups is 1. The molecule has 5 nitrogen and oxygen atoms in total. The van der Waals surface area contributed by atoms with Crippen molar-refractivity contribution >= 4 is 11.8 Å². The summed E-state index contributed by atoms with van der Waals surface area (Å²) in [7, 11) is 0. The number of aliphatic imine (C=N–C) groups is 1. The molecular weight excluding hydrogens is 254 g/mol. The first-order chi connectivity index (χ1) is 9.64. The molecule has 5 heteroatoms. The average Bonchev–Trinajstić information content (AvgIpc) is 2.76. The molecule has 0 amide bonds. The van der Waals surface area contributed by atoms with Gasteiger partial charge in [-0.3, -0.25) is 0 Å². The monoisotopic (exact) mass is 280 g/mol. The second kappa shape index (κ2) is 8.66. The minimum Gasteiger partial charge on any atom is -0.477 e. The molecule has 1 heterocycles. The fourth-order valence-electron chi connectivity index (χ4n) is 2.52. The lowest BCUT2D eigenvalue weighted by atomic mass is 10.1. The van der Waals surface area contributed by atoms with E-state index in [1.54, 1.807) is 6.20 Å². The minimum atomic E-state index is -0.814. The van der Waals surface area contributed by atoms with Gasteiger partial charge in [-0.25, -0.2) is 14.3 Å². The number of allylic oxidation sites excluding steroid dienone is 2. The molecule has 1 aliphatic rings. The molecule has 0 aliphatic carbocycles. The van der Waals surface area contributed by atoms with Crippen molar-refractivity contribution in [3.8, 4) is 0 Å². The summed E-state index contributed by atoms with van der Waals surface area (Å²) in [5, 5.41) is 9.10. The Kier molecular flexibility index (Phi) is 7.18. The van der Waals surface area contributed by atoms with Crippen molar-refractivity contribution < 1.29 is 14.4 Å². The summed E-state index contributed by atoms with van der Waals surface area (Å²) >= 11 is 0. The molecule has 0 aromatic rings. The van der Waals surface area contributed by atoms with Gasteiger partial charge in [-0.15, -0.1) is 0 Å². The number of quaternary nitrogens is 1. The molecule has 0 spiro atoms. The van der Waals surface area contributed by atoms with Crippen LogP contribution in [0.2, 0.25) is 0 Å². The standard InChI is InChI=1S/C15H25N3O2/c1-2-3-4-5-6-7-8-14-17-10-12-18(14,11-9-16)13-15(19)20/h2-3,10,12H,4-9,11,13,16H2,1H3/p+1/b3-2+. The average molecular weight is 280 g/mol. The van der Waals surface area contributed by atoms with Gasteiger partial charge < -0.3 is 10.8 Å². The zero-order chi connectivity index (χ0) is 14.8. The SMILES string of the molecule is C/C=C/CCCCCC1=NC=C[N+]1(CCN)CC(=O)O. The van der Waals surface area contributed by atoms with E-state index in [0.717, 1.165) is 31.5 Å². The second-order valence-corrected chi connectivity index (χ2v) is 5.11. The van der Waals surface area contributed by atoms with Gasteiger partial charge in [-0.1, -0.05) is 18.6 Å². The number of amidine groups is 1. The van der Waals surface area contributed by atoms with Crippen LogP contribution >= 0.6 is 0 Å². The second-order valence-electron chi connectivity index (χ2n) is 5.11. The Morgan fingerprint density at radius 1 is 1.45 bits per heavy atom. The lowest BCUT2D eigenvalue weighted by Gasteiger charge is -2.30. The van der Waals surface area contributed by atoms with Crippen LogP contribution in [0.5, 0.6) is 0 Å². The van der Waals surface area contributed by atoms with E-state index in [9.17, 15) is 4.79 Å². The normalized spacial score (nSPS) is 21.6. The summed E-state index contributed by atoms with van der Waals surface area (Å²) in [6.45, 7) is 3.12. The van der Waals surface area contributed by atoms with Crippen LogP contribution in [0.1, 0.15) is 39.0 Å². The Morgan fingerprint density at radius 2 is 2.25 bits per heavy atom. The number of unbranched alkanes of at least 4 members (excludes halogenated alkanes) is 3. The van der Waals surface area contributed by atoms with Crippen LogP contribution < -0.4 is 5.73 Å². The first kappa shape index (κ1) is 16.6. The predicted octanol–water partition coefficient (Wildman–Crippen LogP) is 2.26. The van der Waals surface area contributed by atoms with E-state index < -0.39 is 5.97 Å². The molecule has 0 fully saturated rings. The third-order valence-electron chi connectivity index (χ3n) is 3.54. The smallest absolute Gasteiger partial charge is 0.360 e. The lowest BCUT2D eigenvalue weighted by Crippen LogP contribution is -2.52. The van der Waals surface area contributed by atoms with Crippen molar-refractivity contribution in [2.45, 2.75) is 39.0 Å². The van der Waals surface area contributed by atoms with E-state index in [-0.39, 0.29) is 6.54 Å². The van der Waals surface area contributed by atoms with E-state index >= 15 is 0 Å². The molecular formula is C15H26N3O2+. The Labute approximate surface area is 121 Å². The zero-order valence-corrected chi connectivity index (χ0v) is 12.3. The molecule has 20 heavy (non-hydrogen) atoms. The number of rotatable bonds is 10. The van der Waals surface area contributed by atoms with Crippen LogP contribution in [0.25, 0.3) is 0 Å². The van der Waals surface area contributed by atoms with Crippen LogP contribution in [0.15, 0.2) is 29.5 Å². The van der Waals surface area contributed by atoms with Crippen LogP contribution in [0.4, 0.5) is 0 Å². The Morgan fingerprint density at radius 3 is 2.90 bits per heavy atom. The number of nitrogens with two attached hydrogens (primary N) is 1. The van der Waals surface area contributed by atoms with Crippen LogP contribution in [-0.4, -0.2) is 41.0 Å². The van der Waals surface area contributed by atoms with Crippen molar-refractivity contribution in [3.05, 3.63) is 24.6 Å². The maximum Gasteiger partial charge on any atom is 0.360 e. The summed E-state index contributed by atoms with van der Waals surface area (Å²) in [5.74, 6) is 0.120. The lowest BCUT2D eigenvalue weighted by molar-refractivity contribution is -0.778. The molecule has 112 valence electrons. The van der Waals surface area contributed by atoms with E-state index in [4.69, 9.17) is 10.8 Å². The molecule has 0 radical (unpaired) electrons. The maximum absolute atomic E-state index is 11.1. The van der Waals surface area contributed by atoms with Gasteiger partial charge in [-0.2, -0.15) is 0 Å². The molecule has 1 rings (SSSR count). The Hall–Kier alpha value is -1.46. The zero-order valence-electron chi connectivity index (χ0n) is 12.3. The molecule has 0 aromatic heterocycles. The van der Waals surface area contributed by atoms with Crippen molar-refractivity contribution in [3.63, 3.8) is 0 Å². The van der Waals surface area contributed by atoms with Crippen molar-refractivity contribution in [2.24, 2.45) is 10.7 Å². The number of carboxylic acid groups (broad SMARTS) is 1.